The van der Waals surface area contributed by atoms with Crippen LogP contribution in [0, 0.1) is 11.3 Å². The second kappa shape index (κ2) is 11.7. The molecule has 0 spiro atoms. The summed E-state index contributed by atoms with van der Waals surface area (Å²) in [4.78, 5) is 23.2. The molecule has 2 saturated heterocycles. The number of amides is 2. The predicted octanol–water partition coefficient (Wildman–Crippen LogP) is 2.60. The maximum atomic E-state index is 11.7. The van der Waals surface area contributed by atoms with Gasteiger partial charge in [0.15, 0.2) is 0 Å². The van der Waals surface area contributed by atoms with Crippen LogP contribution in [0.15, 0.2) is 0 Å². The molecule has 10 nitrogen and oxygen atoms in total. The highest BCUT2D eigenvalue weighted by Gasteiger charge is 2.36. The van der Waals surface area contributed by atoms with Crippen LogP contribution in [0.1, 0.15) is 67.2 Å². The summed E-state index contributed by atoms with van der Waals surface area (Å²) in [6, 6.07) is 2.14. The fraction of sp³-hybridized carbons (Fsp3) is 0.864. The van der Waals surface area contributed by atoms with Gasteiger partial charge in [-0.1, -0.05) is 0 Å². The molecule has 184 valence electrons. The number of carbonyl (C=O) groups is 2. The number of nitrogens with one attached hydrogen (secondary N) is 2. The molecule has 0 radical (unpaired) electrons. The molecule has 0 bridgehead atoms. The predicted molar refractivity (Wildman–Crippen MR) is 119 cm³/mol. The molecule has 0 aromatic carbocycles. The van der Waals surface area contributed by atoms with Crippen LogP contribution in [0.5, 0.6) is 0 Å². The van der Waals surface area contributed by atoms with Gasteiger partial charge in [-0.3, -0.25) is 0 Å². The molecule has 0 aromatic rings. The van der Waals surface area contributed by atoms with Crippen molar-refractivity contribution in [2.45, 2.75) is 89.5 Å². The van der Waals surface area contributed by atoms with Crippen molar-refractivity contribution in [2.75, 3.05) is 33.0 Å². The first kappa shape index (κ1) is 27.9. The van der Waals surface area contributed by atoms with Crippen LogP contribution < -0.4 is 16.4 Å². The number of alkyl carbamates (subject to hydrolysis) is 2. The van der Waals surface area contributed by atoms with E-state index < -0.39 is 28.9 Å². The van der Waals surface area contributed by atoms with Crippen molar-refractivity contribution in [3.8, 4) is 6.07 Å². The van der Waals surface area contributed by atoms with Gasteiger partial charge < -0.3 is 35.3 Å². The Balaban J connectivity index is 0.000000320. The minimum Gasteiger partial charge on any atom is -0.444 e. The maximum absolute atomic E-state index is 11.7. The van der Waals surface area contributed by atoms with Crippen molar-refractivity contribution in [1.82, 2.24) is 10.6 Å². The molecule has 0 saturated carbocycles. The average molecular weight is 457 g/mol. The van der Waals surface area contributed by atoms with E-state index in [0.29, 0.717) is 45.8 Å². The lowest BCUT2D eigenvalue weighted by atomic mass is 9.90. The van der Waals surface area contributed by atoms with Crippen molar-refractivity contribution < 1.29 is 28.5 Å². The average Bonchev–Trinajstić information content (AvgIpc) is 2.67. The number of hydrogen-bond acceptors (Lipinski definition) is 8. The number of rotatable bonds is 3. The minimum atomic E-state index is -0.833. The molecule has 4 N–H and O–H groups in total. The Morgan fingerprint density at radius 2 is 1.28 bits per heavy atom. The Bertz CT molecular complexity index is 651. The molecule has 2 rings (SSSR count). The van der Waals surface area contributed by atoms with Crippen LogP contribution in [0.2, 0.25) is 0 Å². The highest BCUT2D eigenvalue weighted by atomic mass is 16.6. The van der Waals surface area contributed by atoms with E-state index in [0.717, 1.165) is 12.8 Å². The Morgan fingerprint density at radius 1 is 0.875 bits per heavy atom. The molecule has 2 amide bonds. The fourth-order valence-electron chi connectivity index (χ4n) is 3.15. The molecule has 2 heterocycles. The lowest BCUT2D eigenvalue weighted by Gasteiger charge is -2.37. The minimum absolute atomic E-state index is 0.361. The van der Waals surface area contributed by atoms with Gasteiger partial charge in [0, 0.05) is 45.8 Å². The molecule has 32 heavy (non-hydrogen) atoms. The smallest absolute Gasteiger partial charge is 0.408 e. The second-order valence-electron chi connectivity index (χ2n) is 10.2. The van der Waals surface area contributed by atoms with E-state index in [9.17, 15) is 9.59 Å². The number of carbonyl (C=O) groups excluding carboxylic acids is 2. The van der Waals surface area contributed by atoms with Crippen LogP contribution in [0.4, 0.5) is 9.59 Å². The van der Waals surface area contributed by atoms with Gasteiger partial charge in [-0.05, 0) is 54.4 Å². The number of nitrogens with two attached hydrogens (primary N) is 1. The third-order valence-corrected chi connectivity index (χ3v) is 4.91. The summed E-state index contributed by atoms with van der Waals surface area (Å²) in [7, 11) is 0. The van der Waals surface area contributed by atoms with Crippen LogP contribution in [-0.2, 0) is 18.9 Å². The third kappa shape index (κ3) is 10.5. The Morgan fingerprint density at radius 3 is 1.66 bits per heavy atom. The van der Waals surface area contributed by atoms with E-state index in [2.05, 4.69) is 16.7 Å². The van der Waals surface area contributed by atoms with E-state index in [1.165, 1.54) is 0 Å². The van der Waals surface area contributed by atoms with Gasteiger partial charge in [-0.15, -0.1) is 0 Å². The molecule has 2 aliphatic rings. The maximum Gasteiger partial charge on any atom is 0.408 e. The third-order valence-electron chi connectivity index (χ3n) is 4.91. The van der Waals surface area contributed by atoms with E-state index in [1.54, 1.807) is 20.8 Å². The summed E-state index contributed by atoms with van der Waals surface area (Å²) >= 11 is 0. The molecule has 2 aliphatic heterocycles. The van der Waals surface area contributed by atoms with Gasteiger partial charge in [0.05, 0.1) is 11.6 Å². The van der Waals surface area contributed by atoms with E-state index in [4.69, 9.17) is 29.9 Å². The topological polar surface area (TPSA) is 145 Å². The number of ether oxygens (including phenoxy) is 4. The highest BCUT2D eigenvalue weighted by Crippen LogP contribution is 2.21. The summed E-state index contributed by atoms with van der Waals surface area (Å²) in [5, 5.41) is 14.6. The van der Waals surface area contributed by atoms with Gasteiger partial charge in [0.25, 0.3) is 0 Å². The zero-order chi connectivity index (χ0) is 24.5. The molecule has 0 aromatic heterocycles. The Labute approximate surface area is 191 Å². The van der Waals surface area contributed by atoms with Crippen molar-refractivity contribution in [3.63, 3.8) is 0 Å². The van der Waals surface area contributed by atoms with Gasteiger partial charge in [-0.2, -0.15) is 5.26 Å². The standard InChI is InChI=1S/C11H22N2O3.C11H18N2O3/c2*1-10(2,3)16-9(14)13-11(8-12)4-6-15-7-5-11/h4-8,12H2,1-3H3,(H,13,14);4-7H2,1-3H3,(H,13,14). The molecule has 0 aliphatic carbocycles. The second-order valence-corrected chi connectivity index (χ2v) is 10.2. The lowest BCUT2D eigenvalue weighted by Crippen LogP contribution is -2.57. The summed E-state index contributed by atoms with van der Waals surface area (Å²) in [5.41, 5.74) is 3.50. The lowest BCUT2D eigenvalue weighted by molar-refractivity contribution is 0.0191. The number of nitriles is 1. The van der Waals surface area contributed by atoms with Gasteiger partial charge in [-0.25, -0.2) is 9.59 Å². The van der Waals surface area contributed by atoms with Crippen LogP contribution in [-0.4, -0.2) is 67.4 Å². The molecular weight excluding hydrogens is 416 g/mol. The van der Waals surface area contributed by atoms with Gasteiger partial charge in [0.1, 0.15) is 16.7 Å². The fourth-order valence-corrected chi connectivity index (χ4v) is 3.15. The summed E-state index contributed by atoms with van der Waals surface area (Å²) in [5.74, 6) is 0. The summed E-state index contributed by atoms with van der Waals surface area (Å²) in [6.45, 7) is 13.5. The van der Waals surface area contributed by atoms with E-state index >= 15 is 0 Å². The van der Waals surface area contributed by atoms with Gasteiger partial charge >= 0.3 is 12.2 Å². The summed E-state index contributed by atoms with van der Waals surface area (Å²) in [6.07, 6.45) is 1.53. The van der Waals surface area contributed by atoms with E-state index in [-0.39, 0.29) is 5.54 Å². The van der Waals surface area contributed by atoms with Crippen LogP contribution >= 0.6 is 0 Å². The van der Waals surface area contributed by atoms with Crippen molar-refractivity contribution >= 4 is 12.2 Å². The monoisotopic (exact) mass is 456 g/mol. The van der Waals surface area contributed by atoms with Crippen molar-refractivity contribution in [1.29, 1.82) is 5.26 Å². The first-order valence-electron chi connectivity index (χ1n) is 11.0. The molecule has 10 heteroatoms. The Hall–Kier alpha value is -2.09. The normalized spacial score (nSPS) is 19.9. The molecule has 0 atom stereocenters. The first-order valence-corrected chi connectivity index (χ1v) is 11.0. The van der Waals surface area contributed by atoms with Crippen molar-refractivity contribution in [2.24, 2.45) is 5.73 Å². The number of nitrogens with zero attached hydrogens (tertiary/aromatic N) is 1. The van der Waals surface area contributed by atoms with Gasteiger partial charge in [0.2, 0.25) is 0 Å². The quantitative estimate of drug-likeness (QED) is 0.587. The zero-order valence-corrected chi connectivity index (χ0v) is 20.3. The highest BCUT2D eigenvalue weighted by molar-refractivity contribution is 5.69. The molecule has 2 fully saturated rings. The van der Waals surface area contributed by atoms with Crippen molar-refractivity contribution in [3.05, 3.63) is 0 Å². The van der Waals surface area contributed by atoms with E-state index in [1.807, 2.05) is 20.8 Å². The van der Waals surface area contributed by atoms with Crippen LogP contribution in [0.25, 0.3) is 0 Å². The zero-order valence-electron chi connectivity index (χ0n) is 20.3. The molecular formula is C22H40N4O6. The number of hydrogen-bond donors (Lipinski definition) is 3. The van der Waals surface area contributed by atoms with Crippen LogP contribution in [0.3, 0.4) is 0 Å². The largest absolute Gasteiger partial charge is 0.444 e. The molecule has 0 unspecified atom stereocenters. The summed E-state index contributed by atoms with van der Waals surface area (Å²) < 4.78 is 20.8. The Kier molecular flexibility index (Phi) is 10.2. The SMILES string of the molecule is CC(C)(C)OC(=O)NC1(C#N)CCOCC1.CC(C)(C)OC(=O)NC1(CN)CCOCC1. The first-order chi connectivity index (χ1) is 14.7.